The van der Waals surface area contributed by atoms with Crippen LogP contribution in [0.2, 0.25) is 18.1 Å². The molecule has 0 aliphatic carbocycles. The van der Waals surface area contributed by atoms with E-state index in [1.54, 1.807) is 27.8 Å². The second-order valence-corrected chi connectivity index (χ2v) is 15.8. The number of carbonyl (C=O) groups excluding carboxylic acids is 2. The molecule has 0 saturated carbocycles. The predicted molar refractivity (Wildman–Crippen MR) is 131 cm³/mol. The fourth-order valence-corrected chi connectivity index (χ4v) is 3.97. The molecule has 0 unspecified atom stereocenters. The minimum absolute atomic E-state index is 0.109. The van der Waals surface area contributed by atoms with Crippen molar-refractivity contribution in [1.82, 2.24) is 4.90 Å². The molecular weight excluding hydrogens is 422 g/mol. The van der Waals surface area contributed by atoms with E-state index in [-0.39, 0.29) is 17.6 Å². The Hall–Kier alpha value is -1.86. The van der Waals surface area contributed by atoms with E-state index >= 15 is 0 Å². The summed E-state index contributed by atoms with van der Waals surface area (Å²) in [5, 5.41) is 0.109. The van der Waals surface area contributed by atoms with Crippen LogP contribution < -0.4 is 0 Å². The van der Waals surface area contributed by atoms with E-state index in [1.165, 1.54) is 4.90 Å². The first-order valence-electron chi connectivity index (χ1n) is 11.4. The van der Waals surface area contributed by atoms with Crippen LogP contribution in [0.4, 0.5) is 4.79 Å². The Bertz CT molecular complexity index is 737. The molecule has 1 aromatic carbocycles. The highest BCUT2D eigenvalue weighted by molar-refractivity contribution is 6.74. The summed E-state index contributed by atoms with van der Waals surface area (Å²) in [6.07, 6.45) is 0.0846. The van der Waals surface area contributed by atoms with Crippen molar-refractivity contribution < 1.29 is 23.5 Å². The smallest absolute Gasteiger partial charge is 0.410 e. The second-order valence-electron chi connectivity index (χ2n) is 11.0. The Kier molecular flexibility index (Phi) is 9.97. The summed E-state index contributed by atoms with van der Waals surface area (Å²) in [5.74, 6) is -0.609. The third kappa shape index (κ3) is 8.94. The number of carbonyl (C=O) groups is 2. The zero-order valence-electron chi connectivity index (χ0n) is 21.7. The van der Waals surface area contributed by atoms with Gasteiger partial charge in [0.25, 0.3) is 0 Å². The number of hydrogen-bond acceptors (Lipinski definition) is 5. The maximum Gasteiger partial charge on any atom is 0.410 e. The molecule has 0 aliphatic heterocycles. The summed E-state index contributed by atoms with van der Waals surface area (Å²) in [4.78, 5) is 27.2. The summed E-state index contributed by atoms with van der Waals surface area (Å²) in [6.45, 7) is 19.0. The van der Waals surface area contributed by atoms with Gasteiger partial charge in [-0.1, -0.05) is 58.0 Å². The van der Waals surface area contributed by atoms with Gasteiger partial charge in [-0.15, -0.1) is 0 Å². The number of nitrogens with zero attached hydrogens (tertiary/aromatic N) is 1. The molecule has 6 nitrogen and oxygen atoms in total. The quantitative estimate of drug-likeness (QED) is 0.330. The van der Waals surface area contributed by atoms with Gasteiger partial charge in [0.05, 0.1) is 0 Å². The van der Waals surface area contributed by atoms with Gasteiger partial charge < -0.3 is 13.9 Å². The van der Waals surface area contributed by atoms with E-state index in [1.807, 2.05) is 37.3 Å². The van der Waals surface area contributed by atoms with Gasteiger partial charge in [0, 0.05) is 13.7 Å². The number of benzene rings is 1. The van der Waals surface area contributed by atoms with Crippen LogP contribution in [0, 0.1) is 5.92 Å². The van der Waals surface area contributed by atoms with Crippen molar-refractivity contribution in [2.24, 2.45) is 5.92 Å². The van der Waals surface area contributed by atoms with Gasteiger partial charge >= 0.3 is 12.1 Å². The summed E-state index contributed by atoms with van der Waals surface area (Å²) in [7, 11) is -0.304. The largest absolute Gasteiger partial charge is 0.459 e. The molecule has 0 N–H and O–H groups in total. The molecule has 1 amide bonds. The molecular formula is C25H43NO5Si. The number of esters is 1. The van der Waals surface area contributed by atoms with Gasteiger partial charge in [0.1, 0.15) is 18.2 Å². The third-order valence-electron chi connectivity index (χ3n) is 5.95. The molecule has 1 rings (SSSR count). The van der Waals surface area contributed by atoms with E-state index in [9.17, 15) is 9.59 Å². The summed E-state index contributed by atoms with van der Waals surface area (Å²) in [5.41, 5.74) is 0.242. The summed E-state index contributed by atoms with van der Waals surface area (Å²) in [6, 6.07) is 8.74. The van der Waals surface area contributed by atoms with Gasteiger partial charge in [-0.2, -0.15) is 0 Å². The minimum Gasteiger partial charge on any atom is -0.459 e. The Balaban J connectivity index is 2.92. The summed E-state index contributed by atoms with van der Waals surface area (Å²) < 4.78 is 17.4. The molecule has 0 spiro atoms. The number of ether oxygens (including phenoxy) is 2. The van der Waals surface area contributed by atoms with Crippen molar-refractivity contribution in [2.75, 3.05) is 13.7 Å². The lowest BCUT2D eigenvalue weighted by molar-refractivity contribution is -0.152. The Morgan fingerprint density at radius 1 is 1.03 bits per heavy atom. The van der Waals surface area contributed by atoms with Crippen LogP contribution in [-0.2, 0) is 25.3 Å². The first-order chi connectivity index (χ1) is 14.5. The predicted octanol–water partition coefficient (Wildman–Crippen LogP) is 6.01. The number of amides is 1. The zero-order valence-corrected chi connectivity index (χ0v) is 22.7. The summed E-state index contributed by atoms with van der Waals surface area (Å²) >= 11 is 0. The first kappa shape index (κ1) is 28.2. The molecule has 0 radical (unpaired) electrons. The Morgan fingerprint density at radius 3 is 2.09 bits per heavy atom. The zero-order chi connectivity index (χ0) is 24.7. The van der Waals surface area contributed by atoms with E-state index in [0.717, 1.165) is 5.56 Å². The molecule has 0 heterocycles. The SMILES string of the molecule is C[C@@H](CCO[Si](C)(C)C(C)(C)C)[C@@H](C(=O)OCc1ccccc1)N(C)C(=O)OC(C)(C)C. The number of likely N-dealkylation sites (N-methyl/N-ethyl adjacent to an activating group) is 1. The van der Waals surface area contributed by atoms with E-state index in [2.05, 4.69) is 33.9 Å². The van der Waals surface area contributed by atoms with Crippen LogP contribution in [-0.4, -0.2) is 50.6 Å². The third-order valence-corrected chi connectivity index (χ3v) is 10.5. The first-order valence-corrected chi connectivity index (χ1v) is 14.3. The van der Waals surface area contributed by atoms with Crippen LogP contribution >= 0.6 is 0 Å². The maximum absolute atomic E-state index is 13.1. The fraction of sp³-hybridized carbons (Fsp3) is 0.680. The molecule has 182 valence electrons. The van der Waals surface area contributed by atoms with Crippen molar-refractivity contribution in [3.05, 3.63) is 35.9 Å². The molecule has 0 fully saturated rings. The van der Waals surface area contributed by atoms with Crippen molar-refractivity contribution >= 4 is 20.4 Å². The molecule has 0 aliphatic rings. The number of rotatable bonds is 9. The standard InChI is InChI=1S/C25H43NO5Si/c1-19(16-17-30-32(9,10)25(5,6)7)21(26(8)23(28)31-24(2,3)4)22(27)29-18-20-14-12-11-13-15-20/h11-15,19,21H,16-18H2,1-10H3/t19-,21-/m0/s1. The lowest BCUT2D eigenvalue weighted by Gasteiger charge is -2.37. The van der Waals surface area contributed by atoms with Gasteiger partial charge in [-0.25, -0.2) is 9.59 Å². The molecule has 0 saturated heterocycles. The van der Waals surface area contributed by atoms with Crippen molar-refractivity contribution in [2.45, 2.75) is 91.3 Å². The van der Waals surface area contributed by atoms with Gasteiger partial charge in [-0.05, 0) is 56.8 Å². The van der Waals surface area contributed by atoms with E-state index < -0.39 is 32.0 Å². The van der Waals surface area contributed by atoms with Crippen LogP contribution in [0.15, 0.2) is 30.3 Å². The molecule has 0 aromatic heterocycles. The Morgan fingerprint density at radius 2 is 1.59 bits per heavy atom. The molecule has 32 heavy (non-hydrogen) atoms. The second kappa shape index (κ2) is 11.3. The lowest BCUT2D eigenvalue weighted by Crippen LogP contribution is -2.49. The molecule has 7 heteroatoms. The normalized spacial score (nSPS) is 14.4. The average molecular weight is 466 g/mol. The monoisotopic (exact) mass is 465 g/mol. The fourth-order valence-electron chi connectivity index (χ4n) is 2.91. The van der Waals surface area contributed by atoms with Crippen molar-refractivity contribution in [1.29, 1.82) is 0 Å². The van der Waals surface area contributed by atoms with Crippen LogP contribution in [0.25, 0.3) is 0 Å². The highest BCUT2D eigenvalue weighted by atomic mass is 28.4. The van der Waals surface area contributed by atoms with E-state index in [0.29, 0.717) is 13.0 Å². The average Bonchev–Trinajstić information content (AvgIpc) is 2.65. The lowest BCUT2D eigenvalue weighted by atomic mass is 9.97. The Labute approximate surface area is 195 Å². The molecule has 1 aromatic rings. The molecule has 0 bridgehead atoms. The van der Waals surface area contributed by atoms with Crippen LogP contribution in [0.3, 0.4) is 0 Å². The van der Waals surface area contributed by atoms with Gasteiger partial charge in [0.2, 0.25) is 0 Å². The highest BCUT2D eigenvalue weighted by Gasteiger charge is 2.39. The minimum atomic E-state index is -1.90. The molecule has 2 atom stereocenters. The van der Waals surface area contributed by atoms with Gasteiger partial charge in [-0.3, -0.25) is 4.90 Å². The highest BCUT2D eigenvalue weighted by Crippen LogP contribution is 2.36. The maximum atomic E-state index is 13.1. The topological polar surface area (TPSA) is 65.1 Å². The van der Waals surface area contributed by atoms with Crippen molar-refractivity contribution in [3.63, 3.8) is 0 Å². The van der Waals surface area contributed by atoms with Gasteiger partial charge in [0.15, 0.2) is 8.32 Å². The number of hydrogen-bond donors (Lipinski definition) is 0. The van der Waals surface area contributed by atoms with E-state index in [4.69, 9.17) is 13.9 Å². The van der Waals surface area contributed by atoms with Crippen molar-refractivity contribution in [3.8, 4) is 0 Å². The van der Waals surface area contributed by atoms with Crippen LogP contribution in [0.5, 0.6) is 0 Å². The van der Waals surface area contributed by atoms with Crippen LogP contribution in [0.1, 0.15) is 60.5 Å².